The van der Waals surface area contributed by atoms with E-state index < -0.39 is 0 Å². The summed E-state index contributed by atoms with van der Waals surface area (Å²) in [6.07, 6.45) is 4.50. The highest BCUT2D eigenvalue weighted by Crippen LogP contribution is 2.12. The molecule has 1 aromatic rings. The average Bonchev–Trinajstić information content (AvgIpc) is 2.93. The van der Waals surface area contributed by atoms with Gasteiger partial charge < -0.3 is 9.47 Å². The second-order valence-corrected chi connectivity index (χ2v) is 5.02. The molecule has 1 unspecified atom stereocenters. The van der Waals surface area contributed by atoms with Crippen molar-refractivity contribution in [3.05, 3.63) is 35.4 Å². The molecule has 104 valence electrons. The van der Waals surface area contributed by atoms with Crippen LogP contribution in [-0.2, 0) is 15.9 Å². The van der Waals surface area contributed by atoms with Gasteiger partial charge in [-0.05, 0) is 24.8 Å². The van der Waals surface area contributed by atoms with Crippen LogP contribution in [0, 0.1) is 0 Å². The fraction of sp³-hybridized carbons (Fsp3) is 0.562. The lowest BCUT2D eigenvalue weighted by atomic mass is 10.1. The summed E-state index contributed by atoms with van der Waals surface area (Å²) in [5.41, 5.74) is 2.01. The van der Waals surface area contributed by atoms with Crippen molar-refractivity contribution in [1.29, 1.82) is 0 Å². The number of rotatable bonds is 7. The zero-order chi connectivity index (χ0) is 13.5. The molecule has 3 heteroatoms. The van der Waals surface area contributed by atoms with E-state index in [4.69, 9.17) is 9.47 Å². The first kappa shape index (κ1) is 14.2. The first-order chi connectivity index (χ1) is 9.29. The number of Topliss-reactive ketones (excluding diaryl/α,β-unsaturated/α-hetero) is 1. The van der Waals surface area contributed by atoms with Crippen molar-refractivity contribution in [2.75, 3.05) is 19.8 Å². The van der Waals surface area contributed by atoms with Gasteiger partial charge in [-0.1, -0.05) is 37.6 Å². The van der Waals surface area contributed by atoms with Crippen LogP contribution in [0.3, 0.4) is 0 Å². The number of hydrogen-bond acceptors (Lipinski definition) is 3. The zero-order valence-electron chi connectivity index (χ0n) is 11.6. The molecular weight excluding hydrogens is 240 g/mol. The van der Waals surface area contributed by atoms with Crippen molar-refractivity contribution < 1.29 is 14.3 Å². The van der Waals surface area contributed by atoms with E-state index in [-0.39, 0.29) is 18.5 Å². The van der Waals surface area contributed by atoms with Crippen LogP contribution in [-0.4, -0.2) is 31.7 Å². The SMILES string of the molecule is CCCc1ccc(C(=O)COCC2CCCO2)cc1. The Balaban J connectivity index is 1.75. The Hall–Kier alpha value is -1.19. The van der Waals surface area contributed by atoms with Crippen molar-refractivity contribution in [3.63, 3.8) is 0 Å². The summed E-state index contributed by atoms with van der Waals surface area (Å²) in [7, 11) is 0. The molecule has 0 aliphatic carbocycles. The number of benzene rings is 1. The number of carbonyl (C=O) groups excluding carboxylic acids is 1. The number of ketones is 1. The van der Waals surface area contributed by atoms with Gasteiger partial charge in [-0.15, -0.1) is 0 Å². The molecule has 1 aliphatic rings. The van der Waals surface area contributed by atoms with E-state index in [1.807, 2.05) is 24.3 Å². The van der Waals surface area contributed by atoms with Crippen LogP contribution < -0.4 is 0 Å². The lowest BCUT2D eigenvalue weighted by Crippen LogP contribution is -2.18. The van der Waals surface area contributed by atoms with Gasteiger partial charge >= 0.3 is 0 Å². The van der Waals surface area contributed by atoms with Gasteiger partial charge in [0.2, 0.25) is 0 Å². The van der Waals surface area contributed by atoms with Gasteiger partial charge in [-0.3, -0.25) is 4.79 Å². The smallest absolute Gasteiger partial charge is 0.188 e. The third-order valence-corrected chi connectivity index (χ3v) is 3.38. The Bertz CT molecular complexity index is 391. The molecule has 0 amide bonds. The molecule has 19 heavy (non-hydrogen) atoms. The summed E-state index contributed by atoms with van der Waals surface area (Å²) in [6, 6.07) is 7.83. The fourth-order valence-electron chi connectivity index (χ4n) is 2.29. The summed E-state index contributed by atoms with van der Waals surface area (Å²) in [4.78, 5) is 11.9. The molecule has 0 radical (unpaired) electrons. The van der Waals surface area contributed by atoms with Crippen LogP contribution in [0.1, 0.15) is 42.1 Å². The quantitative estimate of drug-likeness (QED) is 0.709. The summed E-state index contributed by atoms with van der Waals surface area (Å²) in [5.74, 6) is 0.0426. The topological polar surface area (TPSA) is 35.5 Å². The molecule has 0 bridgehead atoms. The van der Waals surface area contributed by atoms with Crippen LogP contribution in [0.25, 0.3) is 0 Å². The van der Waals surface area contributed by atoms with Gasteiger partial charge in [0.25, 0.3) is 0 Å². The normalized spacial score (nSPS) is 18.7. The standard InChI is InChI=1S/C16H22O3/c1-2-4-13-6-8-14(9-7-13)16(17)12-18-11-15-5-3-10-19-15/h6-9,15H,2-5,10-12H2,1H3. The fourth-order valence-corrected chi connectivity index (χ4v) is 2.29. The largest absolute Gasteiger partial charge is 0.376 e. The molecule has 0 N–H and O–H groups in total. The first-order valence-electron chi connectivity index (χ1n) is 7.11. The number of aryl methyl sites for hydroxylation is 1. The molecular formula is C16H22O3. The average molecular weight is 262 g/mol. The Morgan fingerprint density at radius 2 is 2.16 bits per heavy atom. The van der Waals surface area contributed by atoms with Gasteiger partial charge in [0.1, 0.15) is 6.61 Å². The van der Waals surface area contributed by atoms with E-state index in [9.17, 15) is 4.79 Å². The number of hydrogen-bond donors (Lipinski definition) is 0. The molecule has 1 atom stereocenters. The van der Waals surface area contributed by atoms with E-state index >= 15 is 0 Å². The van der Waals surface area contributed by atoms with E-state index in [1.165, 1.54) is 5.56 Å². The highest BCUT2D eigenvalue weighted by atomic mass is 16.5. The third-order valence-electron chi connectivity index (χ3n) is 3.38. The molecule has 1 aliphatic heterocycles. The molecule has 3 nitrogen and oxygen atoms in total. The maximum atomic E-state index is 11.9. The van der Waals surface area contributed by atoms with E-state index in [0.717, 1.165) is 37.9 Å². The van der Waals surface area contributed by atoms with Gasteiger partial charge in [-0.2, -0.15) is 0 Å². The predicted molar refractivity (Wildman–Crippen MR) is 74.6 cm³/mol. The van der Waals surface area contributed by atoms with E-state index in [2.05, 4.69) is 6.92 Å². The minimum absolute atomic E-state index is 0.0426. The summed E-state index contributed by atoms with van der Waals surface area (Å²) in [6.45, 7) is 3.64. The van der Waals surface area contributed by atoms with Crippen molar-refractivity contribution in [2.24, 2.45) is 0 Å². The summed E-state index contributed by atoms with van der Waals surface area (Å²) < 4.78 is 10.9. The summed E-state index contributed by atoms with van der Waals surface area (Å²) >= 11 is 0. The van der Waals surface area contributed by atoms with Crippen LogP contribution >= 0.6 is 0 Å². The maximum absolute atomic E-state index is 11.9. The van der Waals surface area contributed by atoms with Crippen LogP contribution in [0.2, 0.25) is 0 Å². The van der Waals surface area contributed by atoms with Gasteiger partial charge in [-0.25, -0.2) is 0 Å². The predicted octanol–water partition coefficient (Wildman–Crippen LogP) is 3.02. The van der Waals surface area contributed by atoms with Gasteiger partial charge in [0.05, 0.1) is 12.7 Å². The first-order valence-corrected chi connectivity index (χ1v) is 7.11. The van der Waals surface area contributed by atoms with Crippen LogP contribution in [0.15, 0.2) is 24.3 Å². The summed E-state index contributed by atoms with van der Waals surface area (Å²) in [5, 5.41) is 0. The van der Waals surface area contributed by atoms with Crippen molar-refractivity contribution in [1.82, 2.24) is 0 Å². The van der Waals surface area contributed by atoms with E-state index in [0.29, 0.717) is 6.61 Å². The lowest BCUT2D eigenvalue weighted by molar-refractivity contribution is 0.0190. The second kappa shape index (κ2) is 7.41. The van der Waals surface area contributed by atoms with Crippen molar-refractivity contribution in [3.8, 4) is 0 Å². The van der Waals surface area contributed by atoms with E-state index in [1.54, 1.807) is 0 Å². The third kappa shape index (κ3) is 4.44. The lowest BCUT2D eigenvalue weighted by Gasteiger charge is -2.09. The monoisotopic (exact) mass is 262 g/mol. The molecule has 1 fully saturated rings. The number of carbonyl (C=O) groups is 1. The second-order valence-electron chi connectivity index (χ2n) is 5.02. The molecule has 0 saturated carbocycles. The van der Waals surface area contributed by atoms with Gasteiger partial charge in [0.15, 0.2) is 5.78 Å². The minimum atomic E-state index is 0.0426. The Kier molecular flexibility index (Phi) is 5.55. The highest BCUT2D eigenvalue weighted by molar-refractivity contribution is 5.97. The number of ether oxygens (including phenoxy) is 2. The molecule has 0 spiro atoms. The molecule has 0 aromatic heterocycles. The molecule has 1 heterocycles. The molecule has 1 saturated heterocycles. The molecule has 1 aromatic carbocycles. The Morgan fingerprint density at radius 1 is 1.37 bits per heavy atom. The van der Waals surface area contributed by atoms with Crippen LogP contribution in [0.4, 0.5) is 0 Å². The van der Waals surface area contributed by atoms with Gasteiger partial charge in [0, 0.05) is 12.2 Å². The minimum Gasteiger partial charge on any atom is -0.376 e. The Labute approximate surface area is 114 Å². The van der Waals surface area contributed by atoms with Crippen LogP contribution in [0.5, 0.6) is 0 Å². The maximum Gasteiger partial charge on any atom is 0.188 e. The molecule has 2 rings (SSSR count). The Morgan fingerprint density at radius 3 is 2.79 bits per heavy atom. The zero-order valence-corrected chi connectivity index (χ0v) is 11.6. The van der Waals surface area contributed by atoms with Crippen molar-refractivity contribution in [2.45, 2.75) is 38.7 Å². The van der Waals surface area contributed by atoms with Crippen molar-refractivity contribution >= 4 is 5.78 Å². The highest BCUT2D eigenvalue weighted by Gasteiger charge is 2.16.